The third kappa shape index (κ3) is 1.57. The SMILES string of the molecule is OC1=Cc2ccccc2OC1N1CCCC1. The molecule has 84 valence electrons. The van der Waals surface area contributed by atoms with Crippen molar-refractivity contribution < 1.29 is 9.84 Å². The average Bonchev–Trinajstić information content (AvgIpc) is 2.81. The lowest BCUT2D eigenvalue weighted by molar-refractivity contribution is 0.0374. The highest BCUT2D eigenvalue weighted by molar-refractivity contribution is 5.61. The summed E-state index contributed by atoms with van der Waals surface area (Å²) in [5.74, 6) is 1.18. The van der Waals surface area contributed by atoms with E-state index in [2.05, 4.69) is 4.90 Å². The molecule has 1 N–H and O–H groups in total. The molecule has 1 unspecified atom stereocenters. The summed E-state index contributed by atoms with van der Waals surface area (Å²) >= 11 is 0. The summed E-state index contributed by atoms with van der Waals surface area (Å²) in [6.45, 7) is 2.01. The molecule has 1 aromatic rings. The third-order valence-corrected chi connectivity index (χ3v) is 3.19. The second-order valence-electron chi connectivity index (χ2n) is 4.32. The van der Waals surface area contributed by atoms with Crippen LogP contribution in [0.5, 0.6) is 5.75 Å². The van der Waals surface area contributed by atoms with Crippen molar-refractivity contribution in [3.63, 3.8) is 0 Å². The average molecular weight is 217 g/mol. The quantitative estimate of drug-likeness (QED) is 0.784. The van der Waals surface area contributed by atoms with Crippen molar-refractivity contribution >= 4 is 6.08 Å². The zero-order chi connectivity index (χ0) is 11.0. The number of ether oxygens (including phenoxy) is 1. The molecule has 0 bridgehead atoms. The van der Waals surface area contributed by atoms with Crippen molar-refractivity contribution in [3.8, 4) is 5.75 Å². The third-order valence-electron chi connectivity index (χ3n) is 3.19. The number of para-hydroxylation sites is 1. The van der Waals surface area contributed by atoms with Gasteiger partial charge in [-0.15, -0.1) is 0 Å². The summed E-state index contributed by atoms with van der Waals surface area (Å²) in [6, 6.07) is 7.80. The van der Waals surface area contributed by atoms with Crippen LogP contribution < -0.4 is 4.74 Å². The maximum atomic E-state index is 9.97. The van der Waals surface area contributed by atoms with Crippen LogP contribution >= 0.6 is 0 Å². The molecule has 3 nitrogen and oxygen atoms in total. The summed E-state index contributed by atoms with van der Waals surface area (Å²) in [6.07, 6.45) is 3.91. The van der Waals surface area contributed by atoms with E-state index in [0.717, 1.165) is 24.4 Å². The smallest absolute Gasteiger partial charge is 0.210 e. The Morgan fingerprint density at radius 2 is 1.94 bits per heavy atom. The Hall–Kier alpha value is -1.48. The fraction of sp³-hybridized carbons (Fsp3) is 0.385. The first kappa shape index (κ1) is 9.73. The van der Waals surface area contributed by atoms with E-state index in [0.29, 0.717) is 5.76 Å². The number of aliphatic hydroxyl groups excluding tert-OH is 1. The molecule has 3 heteroatoms. The zero-order valence-electron chi connectivity index (χ0n) is 9.10. The van der Waals surface area contributed by atoms with E-state index in [1.165, 1.54) is 12.8 Å². The zero-order valence-corrected chi connectivity index (χ0v) is 9.10. The number of nitrogens with zero attached hydrogens (tertiary/aromatic N) is 1. The molecule has 1 atom stereocenters. The molecule has 0 amide bonds. The van der Waals surface area contributed by atoms with Crippen molar-refractivity contribution in [2.45, 2.75) is 19.1 Å². The van der Waals surface area contributed by atoms with E-state index < -0.39 is 0 Å². The van der Waals surface area contributed by atoms with Crippen molar-refractivity contribution in [1.29, 1.82) is 0 Å². The molecule has 1 aromatic carbocycles. The molecule has 0 spiro atoms. The van der Waals surface area contributed by atoms with Crippen LogP contribution in [0.2, 0.25) is 0 Å². The summed E-state index contributed by atoms with van der Waals surface area (Å²) < 4.78 is 5.84. The Kier molecular flexibility index (Phi) is 2.33. The van der Waals surface area contributed by atoms with Crippen LogP contribution in [-0.4, -0.2) is 29.3 Å². The minimum Gasteiger partial charge on any atom is -0.507 e. The van der Waals surface area contributed by atoms with Gasteiger partial charge in [0.1, 0.15) is 11.5 Å². The lowest BCUT2D eigenvalue weighted by atomic mass is 10.1. The molecule has 0 saturated carbocycles. The molecule has 0 radical (unpaired) electrons. The Morgan fingerprint density at radius 1 is 1.19 bits per heavy atom. The van der Waals surface area contributed by atoms with Crippen LogP contribution in [0.4, 0.5) is 0 Å². The van der Waals surface area contributed by atoms with Crippen molar-refractivity contribution in [2.24, 2.45) is 0 Å². The fourth-order valence-electron chi connectivity index (χ4n) is 2.36. The molecule has 2 aliphatic heterocycles. The fourth-order valence-corrected chi connectivity index (χ4v) is 2.36. The van der Waals surface area contributed by atoms with Gasteiger partial charge in [-0.1, -0.05) is 18.2 Å². The van der Waals surface area contributed by atoms with Gasteiger partial charge < -0.3 is 9.84 Å². The highest BCUT2D eigenvalue weighted by Crippen LogP contribution is 2.30. The number of fused-ring (bicyclic) bond motifs is 1. The van der Waals surface area contributed by atoms with Gasteiger partial charge in [0.25, 0.3) is 0 Å². The van der Waals surface area contributed by atoms with Crippen LogP contribution in [0.1, 0.15) is 18.4 Å². The van der Waals surface area contributed by atoms with Gasteiger partial charge in [-0.3, -0.25) is 4.90 Å². The molecule has 3 rings (SSSR count). The van der Waals surface area contributed by atoms with Crippen molar-refractivity contribution in [2.75, 3.05) is 13.1 Å². The summed E-state index contributed by atoms with van der Waals surface area (Å²) in [7, 11) is 0. The number of hydrogen-bond donors (Lipinski definition) is 1. The first-order chi connectivity index (χ1) is 7.84. The highest BCUT2D eigenvalue weighted by Gasteiger charge is 2.29. The van der Waals surface area contributed by atoms with E-state index in [-0.39, 0.29) is 6.23 Å². The molecule has 2 heterocycles. The van der Waals surface area contributed by atoms with Crippen molar-refractivity contribution in [1.82, 2.24) is 4.90 Å². The van der Waals surface area contributed by atoms with Gasteiger partial charge in [0.2, 0.25) is 6.23 Å². The standard InChI is InChI=1S/C13H15NO2/c15-11-9-10-5-1-2-6-12(10)16-13(11)14-7-3-4-8-14/h1-2,5-6,9,13,15H,3-4,7-8H2. The van der Waals surface area contributed by atoms with E-state index >= 15 is 0 Å². The van der Waals surface area contributed by atoms with Crippen molar-refractivity contribution in [3.05, 3.63) is 35.6 Å². The second-order valence-corrected chi connectivity index (χ2v) is 4.32. The largest absolute Gasteiger partial charge is 0.507 e. The van der Waals surface area contributed by atoms with E-state index in [1.54, 1.807) is 0 Å². The van der Waals surface area contributed by atoms with Gasteiger partial charge in [0, 0.05) is 18.7 Å². The van der Waals surface area contributed by atoms with Gasteiger partial charge in [-0.05, 0) is 25.0 Å². The van der Waals surface area contributed by atoms with Crippen LogP contribution in [0, 0.1) is 0 Å². The van der Waals surface area contributed by atoms with Crippen LogP contribution in [0.3, 0.4) is 0 Å². The first-order valence-corrected chi connectivity index (χ1v) is 5.75. The maximum absolute atomic E-state index is 9.97. The first-order valence-electron chi connectivity index (χ1n) is 5.75. The number of likely N-dealkylation sites (tertiary alicyclic amines) is 1. The Morgan fingerprint density at radius 3 is 2.75 bits per heavy atom. The van der Waals surface area contributed by atoms with Gasteiger partial charge in [-0.2, -0.15) is 0 Å². The van der Waals surface area contributed by atoms with Gasteiger partial charge >= 0.3 is 0 Å². The topological polar surface area (TPSA) is 32.7 Å². The summed E-state index contributed by atoms with van der Waals surface area (Å²) in [4.78, 5) is 2.18. The number of benzene rings is 1. The maximum Gasteiger partial charge on any atom is 0.210 e. The summed E-state index contributed by atoms with van der Waals surface area (Å²) in [5.41, 5.74) is 0.954. The Bertz CT molecular complexity index is 422. The molecule has 16 heavy (non-hydrogen) atoms. The normalized spacial score (nSPS) is 24.8. The Balaban J connectivity index is 1.90. The molecular weight excluding hydrogens is 202 g/mol. The van der Waals surface area contributed by atoms with Gasteiger partial charge in [0.05, 0.1) is 0 Å². The second kappa shape index (κ2) is 3.83. The minimum absolute atomic E-state index is 0.280. The summed E-state index contributed by atoms with van der Waals surface area (Å²) in [5, 5.41) is 9.97. The van der Waals surface area contributed by atoms with E-state index in [4.69, 9.17) is 4.74 Å². The minimum atomic E-state index is -0.280. The van der Waals surface area contributed by atoms with Gasteiger partial charge in [-0.25, -0.2) is 0 Å². The van der Waals surface area contributed by atoms with Crippen LogP contribution in [-0.2, 0) is 0 Å². The highest BCUT2D eigenvalue weighted by atomic mass is 16.5. The van der Waals surface area contributed by atoms with Gasteiger partial charge in [0.15, 0.2) is 0 Å². The molecule has 1 fully saturated rings. The predicted octanol–water partition coefficient (Wildman–Crippen LogP) is 2.40. The molecular formula is C13H15NO2. The van der Waals surface area contributed by atoms with E-state index in [1.807, 2.05) is 30.3 Å². The molecule has 0 aromatic heterocycles. The number of rotatable bonds is 1. The Labute approximate surface area is 95.0 Å². The lowest BCUT2D eigenvalue weighted by Crippen LogP contribution is -2.40. The van der Waals surface area contributed by atoms with Crippen LogP contribution in [0.25, 0.3) is 6.08 Å². The monoisotopic (exact) mass is 217 g/mol. The van der Waals surface area contributed by atoms with E-state index in [9.17, 15) is 5.11 Å². The molecule has 2 aliphatic rings. The number of hydrogen-bond acceptors (Lipinski definition) is 3. The predicted molar refractivity (Wildman–Crippen MR) is 62.3 cm³/mol. The van der Waals surface area contributed by atoms with Crippen LogP contribution in [0.15, 0.2) is 30.0 Å². The number of aliphatic hydroxyl groups is 1. The molecule has 0 aliphatic carbocycles. The molecule has 1 saturated heterocycles. The lowest BCUT2D eigenvalue weighted by Gasteiger charge is -2.30.